The molecule has 0 aliphatic heterocycles. The van der Waals surface area contributed by atoms with Crippen molar-refractivity contribution in [3.8, 4) is 0 Å². The van der Waals surface area contributed by atoms with Gasteiger partial charge in [-0.15, -0.1) is 0 Å². The van der Waals surface area contributed by atoms with Crippen molar-refractivity contribution in [1.82, 2.24) is 0 Å². The van der Waals surface area contributed by atoms with E-state index >= 15 is 0 Å². The van der Waals surface area contributed by atoms with Gasteiger partial charge < -0.3 is 0 Å². The Labute approximate surface area is 92.7 Å². The fourth-order valence-electron chi connectivity index (χ4n) is 1.86. The first-order chi connectivity index (χ1) is 7.28. The Morgan fingerprint density at radius 1 is 1.20 bits per heavy atom. The second-order valence-corrected chi connectivity index (χ2v) is 3.45. The van der Waals surface area contributed by atoms with Crippen LogP contribution < -0.4 is 0 Å². The molecule has 0 aromatic heterocycles. The van der Waals surface area contributed by atoms with E-state index in [2.05, 4.69) is 44.4 Å². The minimum Gasteiger partial charge on any atom is -0.0990 e. The van der Waals surface area contributed by atoms with Crippen molar-refractivity contribution in [1.29, 1.82) is 0 Å². The molecule has 0 saturated carbocycles. The second-order valence-electron chi connectivity index (χ2n) is 3.45. The fourth-order valence-corrected chi connectivity index (χ4v) is 1.86. The van der Waals surface area contributed by atoms with Crippen molar-refractivity contribution in [2.24, 2.45) is 0 Å². The van der Waals surface area contributed by atoms with Crippen LogP contribution in [0.15, 0.2) is 71.9 Å². The highest BCUT2D eigenvalue weighted by molar-refractivity contribution is 5.63. The molecular formula is C15H18. The second kappa shape index (κ2) is 5.35. The van der Waals surface area contributed by atoms with Crippen molar-refractivity contribution in [2.45, 2.75) is 20.3 Å². The summed E-state index contributed by atoms with van der Waals surface area (Å²) in [6.07, 6.45) is 13.2. The van der Waals surface area contributed by atoms with Gasteiger partial charge in [0.2, 0.25) is 0 Å². The summed E-state index contributed by atoms with van der Waals surface area (Å²) in [6.45, 7) is 11.7. The molecule has 0 heteroatoms. The van der Waals surface area contributed by atoms with Crippen LogP contribution in [0.2, 0.25) is 0 Å². The zero-order valence-electron chi connectivity index (χ0n) is 9.59. The van der Waals surface area contributed by atoms with E-state index in [1.807, 2.05) is 19.1 Å². The summed E-state index contributed by atoms with van der Waals surface area (Å²) in [4.78, 5) is 0. The number of allylic oxidation sites excluding steroid dienone is 10. The van der Waals surface area contributed by atoms with Crippen molar-refractivity contribution < 1.29 is 0 Å². The van der Waals surface area contributed by atoms with Crippen LogP contribution in [0.25, 0.3) is 0 Å². The number of hydrogen-bond acceptors (Lipinski definition) is 0. The maximum Gasteiger partial charge on any atom is -0.00169 e. The first kappa shape index (κ1) is 11.5. The average Bonchev–Trinajstić information content (AvgIpc) is 2.58. The van der Waals surface area contributed by atoms with Crippen LogP contribution in [-0.4, -0.2) is 0 Å². The molecule has 0 nitrogen and oxygen atoms in total. The Balaban J connectivity index is 3.29. The summed E-state index contributed by atoms with van der Waals surface area (Å²) < 4.78 is 0. The van der Waals surface area contributed by atoms with Crippen LogP contribution in [0, 0.1) is 0 Å². The SMILES string of the molecule is C=C/C=C1/C(/C=C\C)=C(C=C)C/C1=C/C. The van der Waals surface area contributed by atoms with Crippen LogP contribution >= 0.6 is 0 Å². The Morgan fingerprint density at radius 2 is 1.93 bits per heavy atom. The molecule has 0 fully saturated rings. The van der Waals surface area contributed by atoms with Crippen molar-refractivity contribution in [3.63, 3.8) is 0 Å². The van der Waals surface area contributed by atoms with Gasteiger partial charge in [0.15, 0.2) is 0 Å². The molecule has 0 heterocycles. The lowest BCUT2D eigenvalue weighted by atomic mass is 10.0. The normalized spacial score (nSPS) is 22.0. The lowest BCUT2D eigenvalue weighted by Gasteiger charge is -2.01. The average molecular weight is 198 g/mol. The monoisotopic (exact) mass is 198 g/mol. The van der Waals surface area contributed by atoms with Gasteiger partial charge in [-0.3, -0.25) is 0 Å². The van der Waals surface area contributed by atoms with Gasteiger partial charge in [-0.1, -0.05) is 49.6 Å². The Kier molecular flexibility index (Phi) is 4.11. The van der Waals surface area contributed by atoms with Crippen LogP contribution in [0.3, 0.4) is 0 Å². The van der Waals surface area contributed by atoms with E-state index in [9.17, 15) is 0 Å². The molecule has 0 aromatic carbocycles. The molecule has 1 rings (SSSR count). The van der Waals surface area contributed by atoms with Gasteiger partial charge >= 0.3 is 0 Å². The molecule has 15 heavy (non-hydrogen) atoms. The molecule has 78 valence electrons. The first-order valence-corrected chi connectivity index (χ1v) is 5.25. The van der Waals surface area contributed by atoms with Crippen molar-refractivity contribution in [3.05, 3.63) is 71.9 Å². The van der Waals surface area contributed by atoms with Gasteiger partial charge in [0, 0.05) is 0 Å². The smallest absolute Gasteiger partial charge is 0.00169 e. The molecule has 0 radical (unpaired) electrons. The maximum absolute atomic E-state index is 3.87. The first-order valence-electron chi connectivity index (χ1n) is 5.25. The molecule has 0 saturated heterocycles. The lowest BCUT2D eigenvalue weighted by Crippen LogP contribution is -1.83. The van der Waals surface area contributed by atoms with Crippen LogP contribution in [0.4, 0.5) is 0 Å². The standard InChI is InChI=1S/C15H18/c1-5-9-14-12(7-3)11-13(8-4)15(14)10-6-2/h5-10H,1,4,11H2,2-3H3/b10-6-,12-7-,14-9+. The van der Waals surface area contributed by atoms with Gasteiger partial charge in [0.25, 0.3) is 0 Å². The highest BCUT2D eigenvalue weighted by Crippen LogP contribution is 2.37. The van der Waals surface area contributed by atoms with E-state index in [0.29, 0.717) is 0 Å². The third kappa shape index (κ3) is 2.27. The summed E-state index contributed by atoms with van der Waals surface area (Å²) in [5.41, 5.74) is 5.22. The molecule has 0 spiro atoms. The Morgan fingerprint density at radius 3 is 2.40 bits per heavy atom. The minimum atomic E-state index is 0.985. The topological polar surface area (TPSA) is 0 Å². The van der Waals surface area contributed by atoms with E-state index in [4.69, 9.17) is 0 Å². The summed E-state index contributed by atoms with van der Waals surface area (Å²) in [6, 6.07) is 0. The number of rotatable bonds is 3. The summed E-state index contributed by atoms with van der Waals surface area (Å²) in [5, 5.41) is 0. The molecule has 0 atom stereocenters. The summed E-state index contributed by atoms with van der Waals surface area (Å²) >= 11 is 0. The summed E-state index contributed by atoms with van der Waals surface area (Å²) in [7, 11) is 0. The van der Waals surface area contributed by atoms with E-state index in [1.54, 1.807) is 0 Å². The quantitative estimate of drug-likeness (QED) is 0.626. The molecule has 1 aliphatic carbocycles. The highest BCUT2D eigenvalue weighted by Gasteiger charge is 2.19. The van der Waals surface area contributed by atoms with Crippen molar-refractivity contribution in [2.75, 3.05) is 0 Å². The van der Waals surface area contributed by atoms with Gasteiger partial charge in [-0.05, 0) is 42.6 Å². The van der Waals surface area contributed by atoms with E-state index < -0.39 is 0 Å². The van der Waals surface area contributed by atoms with Gasteiger partial charge in [-0.2, -0.15) is 0 Å². The van der Waals surface area contributed by atoms with Gasteiger partial charge in [-0.25, -0.2) is 0 Å². The Hall–Kier alpha value is -1.56. The third-order valence-corrected chi connectivity index (χ3v) is 2.58. The van der Waals surface area contributed by atoms with Gasteiger partial charge in [0.1, 0.15) is 0 Å². The highest BCUT2D eigenvalue weighted by atomic mass is 14.2. The van der Waals surface area contributed by atoms with Crippen LogP contribution in [0.5, 0.6) is 0 Å². The van der Waals surface area contributed by atoms with Crippen molar-refractivity contribution >= 4 is 0 Å². The van der Waals surface area contributed by atoms with Gasteiger partial charge in [0.05, 0.1) is 0 Å². The third-order valence-electron chi connectivity index (χ3n) is 2.58. The molecule has 0 amide bonds. The van der Waals surface area contributed by atoms with E-state index in [1.165, 1.54) is 22.3 Å². The predicted molar refractivity (Wildman–Crippen MR) is 68.7 cm³/mol. The summed E-state index contributed by atoms with van der Waals surface area (Å²) in [5.74, 6) is 0. The van der Waals surface area contributed by atoms with E-state index in [-0.39, 0.29) is 0 Å². The molecule has 0 aromatic rings. The van der Waals surface area contributed by atoms with Crippen LogP contribution in [-0.2, 0) is 0 Å². The lowest BCUT2D eigenvalue weighted by molar-refractivity contribution is 1.24. The molecule has 0 bridgehead atoms. The van der Waals surface area contributed by atoms with Crippen LogP contribution in [0.1, 0.15) is 20.3 Å². The molecule has 0 unspecified atom stereocenters. The fraction of sp³-hybridized carbons (Fsp3) is 0.200. The molecule has 1 aliphatic rings. The zero-order valence-corrected chi connectivity index (χ0v) is 9.59. The van der Waals surface area contributed by atoms with E-state index in [0.717, 1.165) is 6.42 Å². The number of hydrogen-bond donors (Lipinski definition) is 0. The maximum atomic E-state index is 3.87. The zero-order chi connectivity index (χ0) is 11.3. The largest absolute Gasteiger partial charge is 0.0990 e. The molecular weight excluding hydrogens is 180 g/mol. The molecule has 0 N–H and O–H groups in total. The predicted octanol–water partition coefficient (Wildman–Crippen LogP) is 4.51. The minimum absolute atomic E-state index is 0.985. The Bertz CT molecular complexity index is 384.